The van der Waals surface area contributed by atoms with Crippen LogP contribution in [-0.2, 0) is 4.74 Å². The van der Waals surface area contributed by atoms with Crippen molar-refractivity contribution in [3.05, 3.63) is 42.2 Å². The number of hydrogen-bond donors (Lipinski definition) is 0. The molecule has 0 saturated heterocycles. The molecule has 0 N–H and O–H groups in total. The number of fused-ring (bicyclic) bond motifs is 2. The molecular weight excluding hydrogens is 460 g/mol. The predicted octanol–water partition coefficient (Wildman–Crippen LogP) is 4.03. The molecule has 0 aliphatic rings. The molecule has 0 unspecified atom stereocenters. The van der Waals surface area contributed by atoms with Crippen molar-refractivity contribution < 1.29 is 23.7 Å². The number of hydrogen-bond acceptors (Lipinski definition) is 10. The van der Waals surface area contributed by atoms with E-state index in [4.69, 9.17) is 24.0 Å². The van der Waals surface area contributed by atoms with Gasteiger partial charge < -0.3 is 18.9 Å². The van der Waals surface area contributed by atoms with Crippen molar-refractivity contribution in [1.29, 1.82) is 0 Å². The number of benzene rings is 1. The number of methoxy groups -OCH3 is 2. The average Bonchev–Trinajstić information content (AvgIpc) is 3.51. The van der Waals surface area contributed by atoms with Crippen molar-refractivity contribution in [1.82, 2.24) is 29.2 Å². The van der Waals surface area contributed by atoms with E-state index in [0.29, 0.717) is 32.9 Å². The zero-order valence-corrected chi connectivity index (χ0v) is 19.6. The Morgan fingerprint density at radius 2 is 1.88 bits per heavy atom. The van der Waals surface area contributed by atoms with Gasteiger partial charge in [0.05, 0.1) is 26.5 Å². The van der Waals surface area contributed by atoms with E-state index in [9.17, 15) is 4.79 Å². The third kappa shape index (κ3) is 3.57. The summed E-state index contributed by atoms with van der Waals surface area (Å²) in [7, 11) is 2.95. The Kier molecular flexibility index (Phi) is 5.49. The van der Waals surface area contributed by atoms with Crippen molar-refractivity contribution in [3.63, 3.8) is 0 Å². The Bertz CT molecular complexity index is 1500. The van der Waals surface area contributed by atoms with Gasteiger partial charge in [-0.05, 0) is 38.1 Å². The lowest BCUT2D eigenvalue weighted by Crippen LogP contribution is -2.11. The van der Waals surface area contributed by atoms with Gasteiger partial charge in [-0.3, -0.25) is 4.40 Å². The molecule has 174 valence electrons. The number of pyridine rings is 1. The van der Waals surface area contributed by atoms with Gasteiger partial charge in [-0.15, -0.1) is 10.2 Å². The van der Waals surface area contributed by atoms with E-state index in [1.807, 2.05) is 35.7 Å². The first-order valence-electron chi connectivity index (χ1n) is 10.3. The third-order valence-corrected chi connectivity index (χ3v) is 6.01. The fraction of sp³-hybridized carbons (Fsp3) is 0.227. The second-order valence-corrected chi connectivity index (χ2v) is 8.05. The Hall–Kier alpha value is -4.19. The topological polar surface area (TPSA) is 114 Å². The van der Waals surface area contributed by atoms with Crippen molar-refractivity contribution in [3.8, 4) is 39.3 Å². The highest BCUT2D eigenvalue weighted by atomic mass is 32.1. The van der Waals surface area contributed by atoms with E-state index in [0.717, 1.165) is 17.0 Å². The highest BCUT2D eigenvalue weighted by molar-refractivity contribution is 7.19. The molecule has 0 aliphatic heterocycles. The molecule has 0 spiro atoms. The van der Waals surface area contributed by atoms with Crippen LogP contribution < -0.4 is 14.2 Å². The largest absolute Gasteiger partial charge is 0.514 e. The van der Waals surface area contributed by atoms with Gasteiger partial charge in [-0.25, -0.2) is 9.78 Å². The standard InChI is InChI=1S/C22H20N6O5S/c1-5-32-22(29)33-18-14(30-3)10-13(11-15(18)31-4)20-26-28-19(24-25-21(28)34-20)17-12(2)23-16-8-6-7-9-27(16)17/h6-11H,5H2,1-4H3. The van der Waals surface area contributed by atoms with Gasteiger partial charge in [0.1, 0.15) is 16.3 Å². The monoisotopic (exact) mass is 480 g/mol. The van der Waals surface area contributed by atoms with E-state index in [-0.39, 0.29) is 12.4 Å². The smallest absolute Gasteiger partial charge is 0.493 e. The van der Waals surface area contributed by atoms with Crippen LogP contribution in [-0.4, -0.2) is 56.2 Å². The van der Waals surface area contributed by atoms with Gasteiger partial charge in [0.2, 0.25) is 16.5 Å². The van der Waals surface area contributed by atoms with Crippen LogP contribution in [0.15, 0.2) is 36.5 Å². The van der Waals surface area contributed by atoms with Gasteiger partial charge in [0.25, 0.3) is 0 Å². The molecule has 0 aliphatic carbocycles. The quantitative estimate of drug-likeness (QED) is 0.262. The molecule has 12 heteroatoms. The minimum absolute atomic E-state index is 0.122. The first-order chi connectivity index (χ1) is 16.5. The van der Waals surface area contributed by atoms with Crippen LogP contribution >= 0.6 is 11.3 Å². The van der Waals surface area contributed by atoms with Crippen LogP contribution in [0.5, 0.6) is 17.2 Å². The highest BCUT2D eigenvalue weighted by Gasteiger charge is 2.23. The highest BCUT2D eigenvalue weighted by Crippen LogP contribution is 2.42. The van der Waals surface area contributed by atoms with Crippen molar-refractivity contribution >= 4 is 28.1 Å². The lowest BCUT2D eigenvalue weighted by molar-refractivity contribution is 0.102. The van der Waals surface area contributed by atoms with E-state index in [1.54, 1.807) is 23.6 Å². The van der Waals surface area contributed by atoms with E-state index >= 15 is 0 Å². The van der Waals surface area contributed by atoms with Crippen LogP contribution in [0.2, 0.25) is 0 Å². The minimum Gasteiger partial charge on any atom is -0.493 e. The molecule has 0 amide bonds. The lowest BCUT2D eigenvalue weighted by atomic mass is 10.2. The molecule has 0 fully saturated rings. The first kappa shape index (κ1) is 21.6. The van der Waals surface area contributed by atoms with Crippen LogP contribution in [0.4, 0.5) is 4.79 Å². The zero-order valence-electron chi connectivity index (χ0n) is 18.8. The Balaban J connectivity index is 1.60. The molecule has 11 nitrogen and oxygen atoms in total. The number of aryl methyl sites for hydroxylation is 1. The number of ether oxygens (including phenoxy) is 4. The zero-order chi connectivity index (χ0) is 23.8. The number of nitrogens with zero attached hydrogens (tertiary/aromatic N) is 6. The van der Waals surface area contributed by atoms with Crippen LogP contribution in [0.25, 0.3) is 32.7 Å². The van der Waals surface area contributed by atoms with Gasteiger partial charge >= 0.3 is 6.16 Å². The van der Waals surface area contributed by atoms with Gasteiger partial charge in [0, 0.05) is 11.8 Å². The second kappa shape index (κ2) is 8.63. The second-order valence-electron chi connectivity index (χ2n) is 7.09. The fourth-order valence-electron chi connectivity index (χ4n) is 3.60. The number of rotatable bonds is 6. The summed E-state index contributed by atoms with van der Waals surface area (Å²) in [6, 6.07) is 9.21. The lowest BCUT2D eigenvalue weighted by Gasteiger charge is -2.14. The molecule has 5 aromatic rings. The molecule has 0 saturated carbocycles. The molecule has 34 heavy (non-hydrogen) atoms. The maximum absolute atomic E-state index is 11.9. The molecular formula is C22H20N6O5S. The van der Waals surface area contributed by atoms with Crippen LogP contribution in [0, 0.1) is 6.92 Å². The van der Waals surface area contributed by atoms with E-state index in [2.05, 4.69) is 15.2 Å². The van der Waals surface area contributed by atoms with Crippen LogP contribution in [0.3, 0.4) is 0 Å². The molecule has 0 atom stereocenters. The molecule has 4 aromatic heterocycles. The molecule has 0 radical (unpaired) electrons. The summed E-state index contributed by atoms with van der Waals surface area (Å²) in [5.41, 5.74) is 3.14. The summed E-state index contributed by atoms with van der Waals surface area (Å²) < 4.78 is 24.7. The van der Waals surface area contributed by atoms with Crippen molar-refractivity contribution in [2.45, 2.75) is 13.8 Å². The normalized spacial score (nSPS) is 11.2. The fourth-order valence-corrected chi connectivity index (χ4v) is 4.43. The summed E-state index contributed by atoms with van der Waals surface area (Å²) in [4.78, 5) is 17.1. The number of carbonyl (C=O) groups is 1. The SMILES string of the molecule is CCOC(=O)Oc1c(OC)cc(-c2nn3c(-c4c(C)nc5ccccn45)nnc3s2)cc1OC. The van der Waals surface area contributed by atoms with Crippen LogP contribution in [0.1, 0.15) is 12.6 Å². The summed E-state index contributed by atoms with van der Waals surface area (Å²) in [6.07, 6.45) is 1.08. The predicted molar refractivity (Wildman–Crippen MR) is 124 cm³/mol. The summed E-state index contributed by atoms with van der Waals surface area (Å²) >= 11 is 1.35. The third-order valence-electron chi connectivity index (χ3n) is 5.06. The van der Waals surface area contributed by atoms with Gasteiger partial charge in [0.15, 0.2) is 11.5 Å². The molecule has 4 heterocycles. The summed E-state index contributed by atoms with van der Waals surface area (Å²) in [5, 5.41) is 14.1. The number of aromatic nitrogens is 6. The van der Waals surface area contributed by atoms with E-state index < -0.39 is 6.16 Å². The van der Waals surface area contributed by atoms with Gasteiger partial charge in [-0.1, -0.05) is 17.4 Å². The number of carbonyl (C=O) groups excluding carboxylic acids is 1. The Labute approximate surface area is 197 Å². The molecule has 0 bridgehead atoms. The van der Waals surface area contributed by atoms with E-state index in [1.165, 1.54) is 25.6 Å². The maximum atomic E-state index is 11.9. The maximum Gasteiger partial charge on any atom is 0.514 e. The Morgan fingerprint density at radius 1 is 1.12 bits per heavy atom. The summed E-state index contributed by atoms with van der Waals surface area (Å²) in [5.74, 6) is 1.30. The summed E-state index contributed by atoms with van der Waals surface area (Å²) in [6.45, 7) is 3.80. The average molecular weight is 481 g/mol. The first-order valence-corrected chi connectivity index (χ1v) is 11.1. The molecule has 1 aromatic carbocycles. The Morgan fingerprint density at radius 3 is 2.59 bits per heavy atom. The number of imidazole rings is 1. The van der Waals surface area contributed by atoms with Crippen molar-refractivity contribution in [2.75, 3.05) is 20.8 Å². The molecule has 5 rings (SSSR count). The van der Waals surface area contributed by atoms with Crippen molar-refractivity contribution in [2.24, 2.45) is 0 Å². The minimum atomic E-state index is -0.848. The van der Waals surface area contributed by atoms with Gasteiger partial charge in [-0.2, -0.15) is 9.61 Å².